The van der Waals surface area contributed by atoms with Crippen LogP contribution in [0.15, 0.2) is 69.3 Å². The number of aromatic nitrogens is 2. The number of ether oxygens (including phenoxy) is 1. The van der Waals surface area contributed by atoms with Gasteiger partial charge in [0.2, 0.25) is 0 Å². The Balaban J connectivity index is 1.71. The van der Waals surface area contributed by atoms with Crippen LogP contribution in [0.25, 0.3) is 0 Å². The van der Waals surface area contributed by atoms with E-state index in [-0.39, 0.29) is 17.7 Å². The molecule has 0 spiro atoms. The lowest BCUT2D eigenvalue weighted by Crippen LogP contribution is -2.34. The quantitative estimate of drug-likeness (QED) is 0.559. The minimum atomic E-state index is -0.379. The zero-order chi connectivity index (χ0) is 20.7. The molecule has 1 atom stereocenters. The van der Waals surface area contributed by atoms with Crippen molar-refractivity contribution in [1.82, 2.24) is 9.78 Å². The second kappa shape index (κ2) is 7.91. The maximum absolute atomic E-state index is 13.5. The van der Waals surface area contributed by atoms with E-state index in [1.165, 1.54) is 21.3 Å². The fourth-order valence-electron chi connectivity index (χ4n) is 3.74. The molecule has 8 heteroatoms. The summed E-state index contributed by atoms with van der Waals surface area (Å²) in [5, 5.41) is 4.96. The topological polar surface area (TPSA) is 64.4 Å². The molecule has 3 aromatic rings. The van der Waals surface area contributed by atoms with Gasteiger partial charge in [-0.05, 0) is 55.7 Å². The van der Waals surface area contributed by atoms with E-state index >= 15 is 0 Å². The number of fused-ring (bicyclic) bond motifs is 2. The van der Waals surface area contributed by atoms with Crippen molar-refractivity contribution >= 4 is 40.6 Å². The number of halogens is 1. The molecule has 30 heavy (non-hydrogen) atoms. The van der Waals surface area contributed by atoms with Gasteiger partial charge in [-0.2, -0.15) is 9.78 Å². The Morgan fingerprint density at radius 2 is 1.87 bits per heavy atom. The fourth-order valence-corrected chi connectivity index (χ4v) is 4.92. The molecule has 1 fully saturated rings. The molecule has 1 unspecified atom stereocenters. The van der Waals surface area contributed by atoms with Gasteiger partial charge in [-0.1, -0.05) is 35.5 Å². The summed E-state index contributed by atoms with van der Waals surface area (Å²) in [5.74, 6) is -0.216. The van der Waals surface area contributed by atoms with E-state index in [1.807, 2.05) is 18.2 Å². The Morgan fingerprint density at radius 3 is 2.63 bits per heavy atom. The fraction of sp³-hybridized carbons (Fsp3) is 0.227. The van der Waals surface area contributed by atoms with Gasteiger partial charge < -0.3 is 4.74 Å². The molecule has 1 saturated heterocycles. The molecule has 0 N–H and O–H groups in total. The van der Waals surface area contributed by atoms with Gasteiger partial charge >= 0.3 is 0 Å². The largest absolute Gasteiger partial charge is 0.356 e. The van der Waals surface area contributed by atoms with Crippen LogP contribution >= 0.6 is 23.4 Å². The first kappa shape index (κ1) is 19.4. The number of benzene rings is 2. The second-order valence-electron chi connectivity index (χ2n) is 7.15. The normalized spacial score (nSPS) is 18.5. The van der Waals surface area contributed by atoms with E-state index in [2.05, 4.69) is 5.10 Å². The van der Waals surface area contributed by atoms with Gasteiger partial charge in [0.05, 0.1) is 17.4 Å². The van der Waals surface area contributed by atoms with E-state index in [0.717, 1.165) is 24.2 Å². The molecular formula is C22H18ClN3O3S. The van der Waals surface area contributed by atoms with Crippen molar-refractivity contribution in [3.05, 3.63) is 75.7 Å². The molecule has 0 saturated carbocycles. The highest BCUT2D eigenvalue weighted by Crippen LogP contribution is 2.42. The summed E-state index contributed by atoms with van der Waals surface area (Å²) in [6.07, 6.45) is 3.92. The zero-order valence-corrected chi connectivity index (χ0v) is 17.5. The number of anilines is 2. The SMILES string of the molecule is O=C1c2ccccc2Sc2c(cnn(C3CCCCO3)c2=O)N1c1ccc(Cl)cc1. The Hall–Kier alpha value is -2.61. The third-order valence-electron chi connectivity index (χ3n) is 5.23. The van der Waals surface area contributed by atoms with Crippen molar-refractivity contribution in [3.8, 4) is 0 Å². The first-order chi connectivity index (χ1) is 14.6. The summed E-state index contributed by atoms with van der Waals surface area (Å²) in [7, 11) is 0. The zero-order valence-electron chi connectivity index (χ0n) is 16.0. The van der Waals surface area contributed by atoms with Crippen molar-refractivity contribution < 1.29 is 9.53 Å². The molecule has 0 radical (unpaired) electrons. The van der Waals surface area contributed by atoms with Crippen molar-refractivity contribution in [3.63, 3.8) is 0 Å². The number of carbonyl (C=O) groups is 1. The molecule has 2 aliphatic heterocycles. The lowest BCUT2D eigenvalue weighted by atomic mass is 10.1. The highest BCUT2D eigenvalue weighted by atomic mass is 35.5. The number of rotatable bonds is 2. The van der Waals surface area contributed by atoms with E-state index in [1.54, 1.807) is 36.5 Å². The molecule has 2 aliphatic rings. The van der Waals surface area contributed by atoms with Crippen molar-refractivity contribution in [2.24, 2.45) is 0 Å². The van der Waals surface area contributed by atoms with Gasteiger partial charge in [0.15, 0.2) is 6.23 Å². The average molecular weight is 440 g/mol. The Kier molecular flexibility index (Phi) is 5.10. The maximum Gasteiger partial charge on any atom is 0.285 e. The van der Waals surface area contributed by atoms with Gasteiger partial charge in [-0.25, -0.2) is 0 Å². The Morgan fingerprint density at radius 1 is 1.07 bits per heavy atom. The van der Waals surface area contributed by atoms with Crippen LogP contribution in [-0.2, 0) is 4.74 Å². The first-order valence-electron chi connectivity index (χ1n) is 9.74. The van der Waals surface area contributed by atoms with Crippen LogP contribution in [0.2, 0.25) is 5.02 Å². The van der Waals surface area contributed by atoms with Crippen molar-refractivity contribution in [2.45, 2.75) is 35.3 Å². The third kappa shape index (κ3) is 3.33. The van der Waals surface area contributed by atoms with Crippen LogP contribution in [0, 0.1) is 0 Å². The van der Waals surface area contributed by atoms with Crippen molar-refractivity contribution in [2.75, 3.05) is 11.5 Å². The van der Waals surface area contributed by atoms with Gasteiger partial charge in [-0.15, -0.1) is 0 Å². The number of nitrogens with zero attached hydrogens (tertiary/aromatic N) is 3. The summed E-state index contributed by atoms with van der Waals surface area (Å²) >= 11 is 7.34. The molecule has 1 aromatic heterocycles. The minimum absolute atomic E-state index is 0.216. The summed E-state index contributed by atoms with van der Waals surface area (Å²) in [4.78, 5) is 29.7. The van der Waals surface area contributed by atoms with E-state index in [0.29, 0.717) is 33.5 Å². The molecular weight excluding hydrogens is 422 g/mol. The average Bonchev–Trinajstić information content (AvgIpc) is 2.90. The molecule has 0 bridgehead atoms. The molecule has 152 valence electrons. The van der Waals surface area contributed by atoms with Gasteiger partial charge in [0, 0.05) is 22.2 Å². The van der Waals surface area contributed by atoms with Crippen LogP contribution in [0.1, 0.15) is 35.8 Å². The number of carbonyl (C=O) groups excluding carboxylic acids is 1. The smallest absolute Gasteiger partial charge is 0.285 e. The van der Waals surface area contributed by atoms with Crippen LogP contribution in [0.5, 0.6) is 0 Å². The monoisotopic (exact) mass is 439 g/mol. The van der Waals surface area contributed by atoms with Gasteiger partial charge in [0.25, 0.3) is 11.5 Å². The molecule has 5 rings (SSSR count). The lowest BCUT2D eigenvalue weighted by molar-refractivity contribution is -0.0429. The molecule has 6 nitrogen and oxygen atoms in total. The maximum atomic E-state index is 13.5. The number of amides is 1. The summed E-state index contributed by atoms with van der Waals surface area (Å²) in [6, 6.07) is 14.3. The molecule has 1 amide bonds. The molecule has 2 aromatic carbocycles. The number of hydrogen-bond donors (Lipinski definition) is 0. The second-order valence-corrected chi connectivity index (χ2v) is 8.63. The van der Waals surface area contributed by atoms with Gasteiger partial charge in [0.1, 0.15) is 4.90 Å². The summed E-state index contributed by atoms with van der Waals surface area (Å²) in [6.45, 7) is 0.612. The summed E-state index contributed by atoms with van der Waals surface area (Å²) < 4.78 is 7.18. The van der Waals surface area contributed by atoms with Crippen LogP contribution in [0.3, 0.4) is 0 Å². The van der Waals surface area contributed by atoms with Crippen LogP contribution < -0.4 is 10.5 Å². The third-order valence-corrected chi connectivity index (χ3v) is 6.64. The van der Waals surface area contributed by atoms with Gasteiger partial charge in [-0.3, -0.25) is 14.5 Å². The minimum Gasteiger partial charge on any atom is -0.356 e. The van der Waals surface area contributed by atoms with E-state index < -0.39 is 0 Å². The first-order valence-corrected chi connectivity index (χ1v) is 10.9. The van der Waals surface area contributed by atoms with E-state index in [4.69, 9.17) is 16.3 Å². The lowest BCUT2D eigenvalue weighted by Gasteiger charge is -2.26. The molecule has 3 heterocycles. The Labute approximate surface area is 182 Å². The van der Waals surface area contributed by atoms with Crippen molar-refractivity contribution in [1.29, 1.82) is 0 Å². The predicted molar refractivity (Wildman–Crippen MR) is 116 cm³/mol. The highest BCUT2D eigenvalue weighted by molar-refractivity contribution is 7.99. The summed E-state index contributed by atoms with van der Waals surface area (Å²) in [5.41, 5.74) is 1.36. The van der Waals surface area contributed by atoms with Crippen LogP contribution in [-0.4, -0.2) is 22.3 Å². The standard InChI is InChI=1S/C22H18ClN3O3S/c23-14-8-10-15(11-9-14)25-17-13-24-26(19-7-3-4-12-29-19)22(28)20(17)30-18-6-2-1-5-16(18)21(25)27/h1-2,5-6,8-11,13,19H,3-4,7,12H2. The highest BCUT2D eigenvalue weighted by Gasteiger charge is 2.32. The number of hydrogen-bond acceptors (Lipinski definition) is 5. The van der Waals surface area contributed by atoms with Crippen LogP contribution in [0.4, 0.5) is 11.4 Å². The molecule has 0 aliphatic carbocycles. The Bertz CT molecular complexity index is 1170. The van der Waals surface area contributed by atoms with E-state index in [9.17, 15) is 9.59 Å². The predicted octanol–water partition coefficient (Wildman–Crippen LogP) is 5.04.